The van der Waals surface area contributed by atoms with Crippen LogP contribution in [0.3, 0.4) is 0 Å². The van der Waals surface area contributed by atoms with Crippen LogP contribution < -0.4 is 10.0 Å². The molecule has 2 aromatic rings. The average Bonchev–Trinajstić information content (AvgIpc) is 3.04. The zero-order valence-corrected chi connectivity index (χ0v) is 14.0. The molecule has 0 atom stereocenters. The number of ether oxygens (including phenoxy) is 1. The zero-order valence-electron chi connectivity index (χ0n) is 12.3. The number of hydrogen-bond donors (Lipinski definition) is 2. The van der Waals surface area contributed by atoms with Gasteiger partial charge in [0, 0.05) is 12.4 Å². The third kappa shape index (κ3) is 3.69. The summed E-state index contributed by atoms with van der Waals surface area (Å²) in [5.41, 5.74) is 0.201. The predicted molar refractivity (Wildman–Crippen MR) is 86.3 cm³/mol. The van der Waals surface area contributed by atoms with E-state index in [0.717, 1.165) is 11.3 Å². The lowest BCUT2D eigenvalue weighted by Crippen LogP contribution is -2.17. The van der Waals surface area contributed by atoms with Crippen LogP contribution in [0.25, 0.3) is 0 Å². The fraction of sp³-hybridized carbons (Fsp3) is 0.143. The van der Waals surface area contributed by atoms with E-state index in [0.29, 0.717) is 0 Å². The van der Waals surface area contributed by atoms with Crippen molar-refractivity contribution in [3.63, 3.8) is 0 Å². The lowest BCUT2D eigenvalue weighted by Gasteiger charge is -2.10. The van der Waals surface area contributed by atoms with Crippen molar-refractivity contribution < 1.29 is 22.7 Å². The van der Waals surface area contributed by atoms with Crippen LogP contribution >= 0.6 is 11.3 Å². The molecule has 0 spiro atoms. The zero-order chi connectivity index (χ0) is 17.0. The Bertz CT molecular complexity index is 842. The molecule has 7 nitrogen and oxygen atoms in total. The fourth-order valence-corrected chi connectivity index (χ4v) is 4.07. The minimum absolute atomic E-state index is 0.0548. The van der Waals surface area contributed by atoms with Crippen molar-refractivity contribution in [2.75, 3.05) is 18.9 Å². The predicted octanol–water partition coefficient (Wildman–Crippen LogP) is 1.70. The summed E-state index contributed by atoms with van der Waals surface area (Å²) < 4.78 is 31.8. The summed E-state index contributed by atoms with van der Waals surface area (Å²) >= 11 is 1.01. The monoisotopic (exact) mass is 354 g/mol. The highest BCUT2D eigenvalue weighted by atomic mass is 32.2. The number of thiophene rings is 1. The molecule has 0 saturated carbocycles. The largest absolute Gasteiger partial charge is 0.465 e. The second-order valence-corrected chi connectivity index (χ2v) is 6.96. The molecule has 0 radical (unpaired) electrons. The number of amides is 1. The number of rotatable bonds is 5. The maximum atomic E-state index is 12.4. The summed E-state index contributed by atoms with van der Waals surface area (Å²) in [4.78, 5) is 23.4. The van der Waals surface area contributed by atoms with Crippen LogP contribution in [0.5, 0.6) is 0 Å². The average molecular weight is 354 g/mol. The number of esters is 1. The van der Waals surface area contributed by atoms with Crippen molar-refractivity contribution in [2.24, 2.45) is 0 Å². The van der Waals surface area contributed by atoms with Crippen LogP contribution in [0.1, 0.15) is 20.0 Å². The molecular formula is C14H14N2O5S2. The van der Waals surface area contributed by atoms with Crippen molar-refractivity contribution in [1.29, 1.82) is 0 Å². The number of sulfonamides is 1. The van der Waals surface area contributed by atoms with Gasteiger partial charge in [-0.05, 0) is 18.2 Å². The summed E-state index contributed by atoms with van der Waals surface area (Å²) in [6, 6.07) is 7.36. The number of nitrogens with one attached hydrogen (secondary N) is 2. The van der Waals surface area contributed by atoms with Gasteiger partial charge in [-0.1, -0.05) is 12.1 Å². The number of anilines is 1. The second-order valence-electron chi connectivity index (χ2n) is 4.37. The van der Waals surface area contributed by atoms with Gasteiger partial charge in [0.25, 0.3) is 15.9 Å². The minimum atomic E-state index is -3.93. The molecule has 0 aliphatic carbocycles. The van der Waals surface area contributed by atoms with E-state index in [1.165, 1.54) is 37.7 Å². The van der Waals surface area contributed by atoms with Gasteiger partial charge in [-0.25, -0.2) is 13.2 Å². The van der Waals surface area contributed by atoms with Crippen molar-refractivity contribution in [2.45, 2.75) is 4.90 Å². The van der Waals surface area contributed by atoms with Crippen molar-refractivity contribution in [3.8, 4) is 0 Å². The highest BCUT2D eigenvalue weighted by Gasteiger charge is 2.21. The molecule has 2 rings (SSSR count). The van der Waals surface area contributed by atoms with Gasteiger partial charge in [0.2, 0.25) is 0 Å². The molecule has 2 N–H and O–H groups in total. The molecule has 1 heterocycles. The van der Waals surface area contributed by atoms with E-state index in [9.17, 15) is 18.0 Å². The van der Waals surface area contributed by atoms with E-state index in [1.54, 1.807) is 12.1 Å². The van der Waals surface area contributed by atoms with Crippen LogP contribution in [0.4, 0.5) is 5.69 Å². The first kappa shape index (κ1) is 17.0. The number of hydrogen-bond acceptors (Lipinski definition) is 6. The molecule has 23 heavy (non-hydrogen) atoms. The lowest BCUT2D eigenvalue weighted by atomic mass is 10.2. The Morgan fingerprint density at radius 2 is 1.91 bits per heavy atom. The van der Waals surface area contributed by atoms with Gasteiger partial charge in [0.05, 0.1) is 28.1 Å². The number of carbonyl (C=O) groups is 2. The van der Waals surface area contributed by atoms with Gasteiger partial charge in [0.1, 0.15) is 0 Å². The molecule has 1 aromatic carbocycles. The molecule has 0 saturated heterocycles. The number of carbonyl (C=O) groups excluding carboxylic acids is 2. The van der Waals surface area contributed by atoms with Gasteiger partial charge < -0.3 is 10.1 Å². The molecule has 0 aliphatic heterocycles. The highest BCUT2D eigenvalue weighted by molar-refractivity contribution is 7.92. The molecule has 122 valence electrons. The molecule has 1 amide bonds. The van der Waals surface area contributed by atoms with Crippen molar-refractivity contribution in [3.05, 3.63) is 46.2 Å². The Kier molecular flexibility index (Phi) is 5.02. The Morgan fingerprint density at radius 1 is 1.22 bits per heavy atom. The normalized spacial score (nSPS) is 10.9. The van der Waals surface area contributed by atoms with E-state index in [4.69, 9.17) is 0 Å². The van der Waals surface area contributed by atoms with Crippen LogP contribution in [0.15, 0.2) is 40.6 Å². The van der Waals surface area contributed by atoms with E-state index in [1.807, 2.05) is 0 Å². The fourth-order valence-electron chi connectivity index (χ4n) is 1.77. The van der Waals surface area contributed by atoms with E-state index in [-0.39, 0.29) is 26.9 Å². The first-order valence-electron chi connectivity index (χ1n) is 6.40. The van der Waals surface area contributed by atoms with Gasteiger partial charge in [-0.2, -0.15) is 0 Å². The topological polar surface area (TPSA) is 102 Å². The number of para-hydroxylation sites is 1. The second kappa shape index (κ2) is 6.80. The number of benzene rings is 1. The maximum Gasteiger partial charge on any atom is 0.339 e. The SMILES string of the molecule is CNC(=O)c1cc(S(=O)(=O)Nc2ccccc2C(=O)OC)cs1. The van der Waals surface area contributed by atoms with Gasteiger partial charge in [0.15, 0.2) is 0 Å². The summed E-state index contributed by atoms with van der Waals surface area (Å²) in [5.74, 6) is -1.02. The Hall–Kier alpha value is -2.39. The lowest BCUT2D eigenvalue weighted by molar-refractivity contribution is 0.0602. The first-order chi connectivity index (χ1) is 10.9. The van der Waals surface area contributed by atoms with Gasteiger partial charge in [-0.3, -0.25) is 9.52 Å². The third-order valence-corrected chi connectivity index (χ3v) is 5.34. The molecule has 0 fully saturated rings. The summed E-state index contributed by atoms with van der Waals surface area (Å²) in [6.07, 6.45) is 0. The Labute approximate surface area is 137 Å². The van der Waals surface area contributed by atoms with Crippen LogP contribution in [0.2, 0.25) is 0 Å². The Morgan fingerprint density at radius 3 is 2.57 bits per heavy atom. The maximum absolute atomic E-state index is 12.4. The summed E-state index contributed by atoms with van der Waals surface area (Å²) in [5, 5.41) is 3.78. The van der Waals surface area contributed by atoms with Crippen LogP contribution in [0, 0.1) is 0 Å². The number of methoxy groups -OCH3 is 1. The van der Waals surface area contributed by atoms with E-state index >= 15 is 0 Å². The van der Waals surface area contributed by atoms with Gasteiger partial charge in [-0.15, -0.1) is 11.3 Å². The van der Waals surface area contributed by atoms with Crippen molar-refractivity contribution in [1.82, 2.24) is 5.32 Å². The molecule has 9 heteroatoms. The van der Waals surface area contributed by atoms with Gasteiger partial charge >= 0.3 is 5.97 Å². The molecular weight excluding hydrogens is 340 g/mol. The summed E-state index contributed by atoms with van der Waals surface area (Å²) in [7, 11) is -1.26. The first-order valence-corrected chi connectivity index (χ1v) is 8.76. The van der Waals surface area contributed by atoms with E-state index < -0.39 is 16.0 Å². The molecule has 0 unspecified atom stereocenters. The quantitative estimate of drug-likeness (QED) is 0.796. The van der Waals surface area contributed by atoms with Crippen LogP contribution in [-0.2, 0) is 14.8 Å². The molecule has 0 bridgehead atoms. The third-order valence-electron chi connectivity index (χ3n) is 2.91. The standard InChI is InChI=1S/C14H14N2O5S2/c1-15-13(17)12-7-9(8-22-12)23(19,20)16-11-6-4-3-5-10(11)14(18)21-2/h3-8,16H,1-2H3,(H,15,17). The van der Waals surface area contributed by atoms with Crippen molar-refractivity contribution >= 4 is 38.9 Å². The molecule has 1 aromatic heterocycles. The smallest absolute Gasteiger partial charge is 0.339 e. The summed E-state index contributed by atoms with van der Waals surface area (Å²) in [6.45, 7) is 0. The van der Waals surface area contributed by atoms with Crippen LogP contribution in [-0.4, -0.2) is 34.5 Å². The molecule has 0 aliphatic rings. The highest BCUT2D eigenvalue weighted by Crippen LogP contribution is 2.24. The minimum Gasteiger partial charge on any atom is -0.465 e. The van der Waals surface area contributed by atoms with E-state index in [2.05, 4.69) is 14.8 Å². The Balaban J connectivity index is 2.34.